The van der Waals surface area contributed by atoms with E-state index in [1.54, 1.807) is 21.8 Å². The number of benzene rings is 1. The molecule has 2 aliphatic heterocycles. The van der Waals surface area contributed by atoms with Gasteiger partial charge in [0.05, 0.1) is 5.52 Å². The summed E-state index contributed by atoms with van der Waals surface area (Å²) in [6.45, 7) is 7.16. The Morgan fingerprint density at radius 3 is 2.66 bits per heavy atom. The first-order valence-electron chi connectivity index (χ1n) is 12.5. The number of likely N-dealkylation sites (tertiary alicyclic amines) is 1. The molecule has 8 heteroatoms. The minimum absolute atomic E-state index is 0.0371. The highest BCUT2D eigenvalue weighted by Gasteiger charge is 2.26. The average molecular weight is 478 g/mol. The van der Waals surface area contributed by atoms with E-state index in [1.807, 2.05) is 29.3 Å². The molecule has 1 saturated heterocycles. The van der Waals surface area contributed by atoms with Gasteiger partial charge in [-0.05, 0) is 54.5 Å². The van der Waals surface area contributed by atoms with Crippen LogP contribution < -0.4 is 0 Å². The Balaban J connectivity index is 1.43. The van der Waals surface area contributed by atoms with E-state index in [0.717, 1.165) is 42.5 Å². The van der Waals surface area contributed by atoms with E-state index in [9.17, 15) is 9.59 Å². The molecule has 0 radical (unpaired) electrons. The number of carbonyl (C=O) groups is 2. The van der Waals surface area contributed by atoms with Gasteiger partial charge in [-0.2, -0.15) is 5.10 Å². The molecule has 2 aliphatic rings. The molecule has 5 rings (SSSR count). The van der Waals surface area contributed by atoms with Crippen molar-refractivity contribution >= 4 is 28.3 Å². The van der Waals surface area contributed by atoms with Crippen LogP contribution in [-0.4, -0.2) is 62.6 Å². The van der Waals surface area contributed by atoms with Crippen molar-refractivity contribution < 1.29 is 14.0 Å². The lowest BCUT2D eigenvalue weighted by Crippen LogP contribution is -2.36. The van der Waals surface area contributed by atoms with Crippen LogP contribution in [0.1, 0.15) is 67.1 Å². The van der Waals surface area contributed by atoms with Crippen molar-refractivity contribution in [3.05, 3.63) is 59.3 Å². The molecule has 0 atom stereocenters. The van der Waals surface area contributed by atoms with Crippen LogP contribution in [0.4, 0.5) is 4.39 Å². The molecule has 184 valence electrons. The molecule has 0 saturated carbocycles. The summed E-state index contributed by atoms with van der Waals surface area (Å²) in [6, 6.07) is 5.55. The number of aryl methyl sites for hydroxylation is 1. The summed E-state index contributed by atoms with van der Waals surface area (Å²) >= 11 is 0. The Hall–Kier alpha value is -3.42. The van der Waals surface area contributed by atoms with Gasteiger partial charge in [-0.3, -0.25) is 14.3 Å². The predicted octanol–water partition coefficient (Wildman–Crippen LogP) is 4.57. The van der Waals surface area contributed by atoms with Crippen molar-refractivity contribution in [2.75, 3.05) is 26.2 Å². The van der Waals surface area contributed by atoms with Gasteiger partial charge in [0.25, 0.3) is 5.91 Å². The van der Waals surface area contributed by atoms with Gasteiger partial charge >= 0.3 is 0 Å². The molecular formula is C27H32FN5O2. The van der Waals surface area contributed by atoms with E-state index in [1.165, 1.54) is 0 Å². The van der Waals surface area contributed by atoms with Gasteiger partial charge in [-0.25, -0.2) is 4.39 Å². The van der Waals surface area contributed by atoms with Crippen LogP contribution in [-0.2, 0) is 11.3 Å². The number of fused-ring (bicyclic) bond motifs is 1. The van der Waals surface area contributed by atoms with E-state index in [2.05, 4.69) is 23.9 Å². The lowest BCUT2D eigenvalue weighted by molar-refractivity contribution is -0.131. The second-order valence-corrected chi connectivity index (χ2v) is 9.81. The lowest BCUT2D eigenvalue weighted by atomic mass is 9.92. The van der Waals surface area contributed by atoms with Crippen molar-refractivity contribution in [1.29, 1.82) is 0 Å². The van der Waals surface area contributed by atoms with Gasteiger partial charge in [-0.1, -0.05) is 19.9 Å². The van der Waals surface area contributed by atoms with Crippen molar-refractivity contribution in [2.24, 2.45) is 0 Å². The molecular weight excluding hydrogens is 445 g/mol. The zero-order valence-electron chi connectivity index (χ0n) is 20.4. The number of nitrogens with zero attached hydrogens (tertiary/aromatic N) is 4. The average Bonchev–Trinajstić information content (AvgIpc) is 3.64. The number of rotatable bonds is 6. The Morgan fingerprint density at radius 2 is 1.94 bits per heavy atom. The highest BCUT2D eigenvalue weighted by molar-refractivity contribution is 6.00. The smallest absolute Gasteiger partial charge is 0.270 e. The maximum atomic E-state index is 15.9. The zero-order chi connectivity index (χ0) is 24.5. The molecule has 1 fully saturated rings. The molecule has 0 bridgehead atoms. The standard InChI is InChI=1S/C27H32FN5O2/c1-18(2)20-15-21(19-7-5-12-32(17-19)24(34)8-14-33-13-6-9-29-33)25(28)26-22(20)16-23(30-26)27(35)31-10-3-4-11-31/h6-7,9,13,15-16,18,30H,3-5,8,10-12,14,17H2,1-2H3. The fourth-order valence-electron chi connectivity index (χ4n) is 5.16. The third-order valence-electron chi connectivity index (χ3n) is 7.09. The predicted molar refractivity (Wildman–Crippen MR) is 134 cm³/mol. The summed E-state index contributed by atoms with van der Waals surface area (Å²) in [5, 5.41) is 4.91. The van der Waals surface area contributed by atoms with Crippen LogP contribution in [0.2, 0.25) is 0 Å². The van der Waals surface area contributed by atoms with Gasteiger partial charge in [0.1, 0.15) is 5.69 Å². The van der Waals surface area contributed by atoms with E-state index < -0.39 is 0 Å². The van der Waals surface area contributed by atoms with E-state index in [4.69, 9.17) is 0 Å². The molecule has 2 aromatic heterocycles. The van der Waals surface area contributed by atoms with Crippen molar-refractivity contribution in [3.8, 4) is 0 Å². The van der Waals surface area contributed by atoms with Crippen LogP contribution in [0.5, 0.6) is 0 Å². The fourth-order valence-corrected chi connectivity index (χ4v) is 5.16. The first-order valence-corrected chi connectivity index (χ1v) is 12.5. The van der Waals surface area contributed by atoms with Crippen molar-refractivity contribution in [3.63, 3.8) is 0 Å². The maximum absolute atomic E-state index is 15.9. The van der Waals surface area contributed by atoms with Crippen LogP contribution >= 0.6 is 0 Å². The molecule has 35 heavy (non-hydrogen) atoms. The number of halogens is 1. The monoisotopic (exact) mass is 477 g/mol. The molecule has 2 amide bonds. The number of hydrogen-bond donors (Lipinski definition) is 1. The summed E-state index contributed by atoms with van der Waals surface area (Å²) in [4.78, 5) is 32.6. The number of amides is 2. The molecule has 0 aliphatic carbocycles. The van der Waals surface area contributed by atoms with Gasteiger partial charge in [0.2, 0.25) is 5.91 Å². The number of carbonyl (C=O) groups excluding carboxylic acids is 2. The number of hydrogen-bond acceptors (Lipinski definition) is 3. The van der Waals surface area contributed by atoms with E-state index in [0.29, 0.717) is 49.2 Å². The SMILES string of the molecule is CC(C)c1cc(C2=CCCN(C(=O)CCn3cccn3)C2)c(F)c2[nH]c(C(=O)N3CCCC3)cc12. The van der Waals surface area contributed by atoms with Gasteiger partial charge < -0.3 is 14.8 Å². The first-order chi connectivity index (χ1) is 16.9. The molecule has 1 aromatic carbocycles. The van der Waals surface area contributed by atoms with Gasteiger partial charge in [0.15, 0.2) is 5.82 Å². The summed E-state index contributed by atoms with van der Waals surface area (Å²) in [5.74, 6) is -0.240. The van der Waals surface area contributed by atoms with Crippen molar-refractivity contribution in [1.82, 2.24) is 24.6 Å². The quantitative estimate of drug-likeness (QED) is 0.565. The second-order valence-electron chi connectivity index (χ2n) is 9.81. The topological polar surface area (TPSA) is 74.2 Å². The summed E-state index contributed by atoms with van der Waals surface area (Å²) < 4.78 is 17.6. The molecule has 0 spiro atoms. The fraction of sp³-hybridized carbons (Fsp3) is 0.444. The van der Waals surface area contributed by atoms with Crippen LogP contribution in [0.3, 0.4) is 0 Å². The lowest BCUT2D eigenvalue weighted by Gasteiger charge is -2.28. The third-order valence-corrected chi connectivity index (χ3v) is 7.09. The summed E-state index contributed by atoms with van der Waals surface area (Å²) in [6.07, 6.45) is 8.62. The molecule has 4 heterocycles. The Labute approximate surface area is 204 Å². The molecule has 3 aromatic rings. The van der Waals surface area contributed by atoms with Crippen LogP contribution in [0.25, 0.3) is 16.5 Å². The Kier molecular flexibility index (Phi) is 6.45. The van der Waals surface area contributed by atoms with Crippen LogP contribution in [0.15, 0.2) is 36.7 Å². The first kappa shape index (κ1) is 23.3. The Morgan fingerprint density at radius 1 is 1.14 bits per heavy atom. The minimum atomic E-state index is -0.359. The van der Waals surface area contributed by atoms with Gasteiger partial charge in [-0.15, -0.1) is 0 Å². The molecule has 1 N–H and O–H groups in total. The maximum Gasteiger partial charge on any atom is 0.270 e. The van der Waals surface area contributed by atoms with E-state index >= 15 is 4.39 Å². The highest BCUT2D eigenvalue weighted by Crippen LogP contribution is 2.35. The molecule has 0 unspecified atom stereocenters. The molecule has 7 nitrogen and oxygen atoms in total. The number of H-pyrrole nitrogens is 1. The number of aromatic nitrogens is 3. The van der Waals surface area contributed by atoms with Crippen LogP contribution in [0, 0.1) is 5.82 Å². The van der Waals surface area contributed by atoms with E-state index in [-0.39, 0.29) is 23.5 Å². The number of aromatic amines is 1. The highest BCUT2D eigenvalue weighted by atomic mass is 19.1. The van der Waals surface area contributed by atoms with Gasteiger partial charge in [0, 0.05) is 62.5 Å². The number of nitrogens with one attached hydrogen (secondary N) is 1. The third kappa shape index (κ3) is 4.61. The Bertz CT molecular complexity index is 1270. The zero-order valence-corrected chi connectivity index (χ0v) is 20.4. The largest absolute Gasteiger partial charge is 0.348 e. The minimum Gasteiger partial charge on any atom is -0.348 e. The van der Waals surface area contributed by atoms with Crippen molar-refractivity contribution in [2.45, 2.75) is 52.0 Å². The summed E-state index contributed by atoms with van der Waals surface area (Å²) in [7, 11) is 0. The summed E-state index contributed by atoms with van der Waals surface area (Å²) in [5.41, 5.74) is 3.13. The second kappa shape index (κ2) is 9.68. The normalized spacial score (nSPS) is 16.4.